The summed E-state index contributed by atoms with van der Waals surface area (Å²) in [6.45, 7) is 2.17. The number of hydrogen-bond acceptors (Lipinski definition) is 2. The van der Waals surface area contributed by atoms with Crippen molar-refractivity contribution < 1.29 is 0 Å². The van der Waals surface area contributed by atoms with Crippen LogP contribution in [0.15, 0.2) is 18.2 Å². The maximum atomic E-state index is 6.28. The lowest BCUT2D eigenvalue weighted by atomic mass is 9.87. The number of fused-ring (bicyclic) bond motifs is 1. The Hall–Kier alpha value is -0.730. The fourth-order valence-corrected chi connectivity index (χ4v) is 2.83. The Labute approximate surface area is 103 Å². The van der Waals surface area contributed by atoms with Gasteiger partial charge in [0.2, 0.25) is 0 Å². The van der Waals surface area contributed by atoms with E-state index in [1.807, 2.05) is 13.1 Å². The monoisotopic (exact) mass is 238 g/mol. The van der Waals surface area contributed by atoms with Crippen molar-refractivity contribution >= 4 is 17.3 Å². The average molecular weight is 239 g/mol. The van der Waals surface area contributed by atoms with Gasteiger partial charge in [0.25, 0.3) is 0 Å². The van der Waals surface area contributed by atoms with Crippen LogP contribution in [-0.4, -0.2) is 27.2 Å². The Kier molecular flexibility index (Phi) is 3.72. The first kappa shape index (κ1) is 11.7. The van der Waals surface area contributed by atoms with E-state index in [-0.39, 0.29) is 0 Å². The highest BCUT2D eigenvalue weighted by atomic mass is 35.5. The van der Waals surface area contributed by atoms with Gasteiger partial charge in [-0.05, 0) is 44.0 Å². The summed E-state index contributed by atoms with van der Waals surface area (Å²) < 4.78 is 0. The first-order valence-electron chi connectivity index (χ1n) is 5.88. The van der Waals surface area contributed by atoms with Gasteiger partial charge in [0, 0.05) is 13.6 Å². The summed E-state index contributed by atoms with van der Waals surface area (Å²) in [5, 5.41) is 4.11. The Morgan fingerprint density at radius 3 is 3.06 bits per heavy atom. The smallest absolute Gasteiger partial charge is 0.0642 e. The molecule has 0 saturated heterocycles. The van der Waals surface area contributed by atoms with Crippen LogP contribution in [0.25, 0.3) is 0 Å². The van der Waals surface area contributed by atoms with Crippen LogP contribution in [0.2, 0.25) is 5.02 Å². The fourth-order valence-electron chi connectivity index (χ4n) is 2.50. The van der Waals surface area contributed by atoms with E-state index in [2.05, 4.69) is 29.4 Å². The standard InChI is InChI=1S/C13H19ClN2/c1-15-8-6-10-7-9-16(2)13-11(10)4-3-5-12(13)14/h3-5,10,15H,6-9H2,1-2H3. The molecule has 1 aromatic carbocycles. The Balaban J connectivity index is 2.29. The number of nitrogens with one attached hydrogen (secondary N) is 1. The second kappa shape index (κ2) is 5.07. The zero-order chi connectivity index (χ0) is 11.5. The molecule has 1 N–H and O–H groups in total. The normalized spacial score (nSPS) is 19.7. The number of para-hydroxylation sites is 1. The van der Waals surface area contributed by atoms with Gasteiger partial charge >= 0.3 is 0 Å². The molecule has 0 bridgehead atoms. The highest BCUT2D eigenvalue weighted by Crippen LogP contribution is 2.40. The summed E-state index contributed by atoms with van der Waals surface area (Å²) in [7, 11) is 4.13. The first-order chi connectivity index (χ1) is 7.74. The van der Waals surface area contributed by atoms with E-state index < -0.39 is 0 Å². The van der Waals surface area contributed by atoms with Crippen molar-refractivity contribution in [1.29, 1.82) is 0 Å². The van der Waals surface area contributed by atoms with Gasteiger partial charge in [0.15, 0.2) is 0 Å². The van der Waals surface area contributed by atoms with Crippen LogP contribution in [0.5, 0.6) is 0 Å². The molecule has 0 radical (unpaired) electrons. The summed E-state index contributed by atoms with van der Waals surface area (Å²) in [6, 6.07) is 6.27. The second-order valence-corrected chi connectivity index (χ2v) is 4.88. The zero-order valence-corrected chi connectivity index (χ0v) is 10.7. The Morgan fingerprint density at radius 1 is 1.50 bits per heavy atom. The summed E-state index contributed by atoms with van der Waals surface area (Å²) in [6.07, 6.45) is 2.42. The maximum absolute atomic E-state index is 6.28. The third-order valence-corrected chi connectivity index (χ3v) is 3.70. The van der Waals surface area contributed by atoms with Crippen molar-refractivity contribution in [3.8, 4) is 0 Å². The first-order valence-corrected chi connectivity index (χ1v) is 6.26. The minimum Gasteiger partial charge on any atom is -0.373 e. The molecule has 2 rings (SSSR count). The van der Waals surface area contributed by atoms with E-state index in [0.29, 0.717) is 5.92 Å². The minimum absolute atomic E-state index is 0.650. The Bertz CT molecular complexity index is 365. The molecule has 0 saturated carbocycles. The third-order valence-electron chi connectivity index (χ3n) is 3.40. The van der Waals surface area contributed by atoms with Crippen LogP contribution in [0.4, 0.5) is 5.69 Å². The van der Waals surface area contributed by atoms with Crippen LogP contribution in [-0.2, 0) is 0 Å². The molecule has 16 heavy (non-hydrogen) atoms. The average Bonchev–Trinajstić information content (AvgIpc) is 2.28. The second-order valence-electron chi connectivity index (χ2n) is 4.48. The topological polar surface area (TPSA) is 15.3 Å². The molecule has 1 aliphatic heterocycles. The SMILES string of the molecule is CNCCC1CCN(C)c2c(Cl)cccc21. The molecule has 0 fully saturated rings. The summed E-state index contributed by atoms with van der Waals surface area (Å²) in [4.78, 5) is 2.27. The molecule has 3 heteroatoms. The molecule has 1 atom stereocenters. The summed E-state index contributed by atoms with van der Waals surface area (Å²) in [5.74, 6) is 0.650. The van der Waals surface area contributed by atoms with Gasteiger partial charge in [0.05, 0.1) is 10.7 Å². The van der Waals surface area contributed by atoms with Crippen LogP contribution in [0, 0.1) is 0 Å². The van der Waals surface area contributed by atoms with Gasteiger partial charge < -0.3 is 10.2 Å². The van der Waals surface area contributed by atoms with Crippen LogP contribution in [0.1, 0.15) is 24.3 Å². The number of nitrogens with zero attached hydrogens (tertiary/aromatic N) is 1. The predicted molar refractivity (Wildman–Crippen MR) is 70.6 cm³/mol. The third kappa shape index (κ3) is 2.18. The van der Waals surface area contributed by atoms with E-state index in [1.54, 1.807) is 0 Å². The lowest BCUT2D eigenvalue weighted by Gasteiger charge is -2.34. The van der Waals surface area contributed by atoms with Crippen molar-refractivity contribution in [1.82, 2.24) is 5.32 Å². The van der Waals surface area contributed by atoms with E-state index in [1.165, 1.54) is 24.1 Å². The van der Waals surface area contributed by atoms with Crippen LogP contribution < -0.4 is 10.2 Å². The minimum atomic E-state index is 0.650. The van der Waals surface area contributed by atoms with Crippen LogP contribution >= 0.6 is 11.6 Å². The largest absolute Gasteiger partial charge is 0.373 e. The summed E-state index contributed by atoms with van der Waals surface area (Å²) in [5.41, 5.74) is 2.65. The number of halogens is 1. The van der Waals surface area contributed by atoms with Crippen molar-refractivity contribution in [3.05, 3.63) is 28.8 Å². The summed E-state index contributed by atoms with van der Waals surface area (Å²) >= 11 is 6.28. The number of benzene rings is 1. The molecule has 1 aromatic rings. The molecular weight excluding hydrogens is 220 g/mol. The Morgan fingerprint density at radius 2 is 2.31 bits per heavy atom. The lowest BCUT2D eigenvalue weighted by molar-refractivity contribution is 0.539. The van der Waals surface area contributed by atoms with Gasteiger partial charge in [0.1, 0.15) is 0 Å². The van der Waals surface area contributed by atoms with E-state index >= 15 is 0 Å². The lowest BCUT2D eigenvalue weighted by Crippen LogP contribution is -2.28. The molecule has 1 unspecified atom stereocenters. The number of hydrogen-bond donors (Lipinski definition) is 1. The zero-order valence-electron chi connectivity index (χ0n) is 9.96. The molecule has 0 spiro atoms. The van der Waals surface area contributed by atoms with E-state index in [0.717, 1.165) is 18.1 Å². The van der Waals surface area contributed by atoms with Crippen molar-refractivity contribution in [2.75, 3.05) is 32.1 Å². The van der Waals surface area contributed by atoms with Crippen LogP contribution in [0.3, 0.4) is 0 Å². The molecule has 1 aliphatic rings. The van der Waals surface area contributed by atoms with Gasteiger partial charge in [-0.1, -0.05) is 23.7 Å². The predicted octanol–water partition coefficient (Wildman–Crippen LogP) is 2.87. The molecule has 0 aliphatic carbocycles. The highest BCUT2D eigenvalue weighted by molar-refractivity contribution is 6.33. The number of rotatable bonds is 3. The molecule has 2 nitrogen and oxygen atoms in total. The van der Waals surface area contributed by atoms with Crippen molar-refractivity contribution in [2.45, 2.75) is 18.8 Å². The molecule has 1 heterocycles. The van der Waals surface area contributed by atoms with Crippen molar-refractivity contribution in [2.24, 2.45) is 0 Å². The molecule has 0 amide bonds. The maximum Gasteiger partial charge on any atom is 0.0642 e. The van der Waals surface area contributed by atoms with Gasteiger partial charge in [-0.3, -0.25) is 0 Å². The van der Waals surface area contributed by atoms with Gasteiger partial charge in [-0.25, -0.2) is 0 Å². The number of anilines is 1. The van der Waals surface area contributed by atoms with E-state index in [4.69, 9.17) is 11.6 Å². The molecular formula is C13H19ClN2. The quantitative estimate of drug-likeness (QED) is 0.871. The van der Waals surface area contributed by atoms with Gasteiger partial charge in [-0.2, -0.15) is 0 Å². The van der Waals surface area contributed by atoms with Crippen molar-refractivity contribution in [3.63, 3.8) is 0 Å². The molecule has 0 aromatic heterocycles. The van der Waals surface area contributed by atoms with Gasteiger partial charge in [-0.15, -0.1) is 0 Å². The fraction of sp³-hybridized carbons (Fsp3) is 0.538. The molecule has 88 valence electrons. The highest BCUT2D eigenvalue weighted by Gasteiger charge is 2.24. The van der Waals surface area contributed by atoms with E-state index in [9.17, 15) is 0 Å².